The number of pyridine rings is 1. The number of halogens is 3. The highest BCUT2D eigenvalue weighted by atomic mass is 32.2. The van der Waals surface area contributed by atoms with E-state index in [4.69, 9.17) is 0 Å². The normalized spacial score (nSPS) is 12.8. The molecule has 3 nitrogen and oxygen atoms in total. The van der Waals surface area contributed by atoms with Gasteiger partial charge in [0.25, 0.3) is 0 Å². The second-order valence-corrected chi connectivity index (χ2v) is 5.25. The topological polar surface area (TPSA) is 47.0 Å². The third-order valence-electron chi connectivity index (χ3n) is 1.56. The van der Waals surface area contributed by atoms with Crippen LogP contribution in [0.25, 0.3) is 0 Å². The van der Waals surface area contributed by atoms with Crippen LogP contribution in [0.2, 0.25) is 0 Å². The molecule has 0 aliphatic rings. The van der Waals surface area contributed by atoms with E-state index in [2.05, 4.69) is 4.98 Å². The van der Waals surface area contributed by atoms with E-state index in [0.717, 1.165) is 18.4 Å². The molecule has 0 saturated carbocycles. The van der Waals surface area contributed by atoms with E-state index in [-0.39, 0.29) is 11.4 Å². The van der Waals surface area contributed by atoms with Crippen molar-refractivity contribution in [3.05, 3.63) is 29.6 Å². The Morgan fingerprint density at radius 1 is 1.33 bits per heavy atom. The summed E-state index contributed by atoms with van der Waals surface area (Å²) in [5.74, 6) is -0.356. The molecule has 7 heteroatoms. The van der Waals surface area contributed by atoms with E-state index >= 15 is 0 Å². The SMILES string of the molecule is CS(=O)(=O)Cc1ccc(C(F)(F)F)cn1. The van der Waals surface area contributed by atoms with Gasteiger partial charge in [0.15, 0.2) is 9.84 Å². The lowest BCUT2D eigenvalue weighted by atomic mass is 10.2. The van der Waals surface area contributed by atoms with E-state index in [1.165, 1.54) is 0 Å². The summed E-state index contributed by atoms with van der Waals surface area (Å²) < 4.78 is 57.9. The van der Waals surface area contributed by atoms with Crippen LogP contribution < -0.4 is 0 Å². The quantitative estimate of drug-likeness (QED) is 0.788. The van der Waals surface area contributed by atoms with Crippen LogP contribution in [-0.2, 0) is 21.8 Å². The molecule has 0 aromatic carbocycles. The van der Waals surface area contributed by atoms with Crippen LogP contribution in [0.4, 0.5) is 13.2 Å². The summed E-state index contributed by atoms with van der Waals surface area (Å²) in [7, 11) is -3.27. The molecule has 0 N–H and O–H groups in total. The molecule has 0 unspecified atom stereocenters. The molecule has 1 rings (SSSR count). The first-order chi connectivity index (χ1) is 6.68. The van der Waals surface area contributed by atoms with Crippen LogP contribution >= 0.6 is 0 Å². The molecule has 1 aromatic rings. The van der Waals surface area contributed by atoms with Crippen molar-refractivity contribution in [1.29, 1.82) is 0 Å². The van der Waals surface area contributed by atoms with Gasteiger partial charge in [0, 0.05) is 12.5 Å². The fourth-order valence-corrected chi connectivity index (χ4v) is 1.65. The van der Waals surface area contributed by atoms with Crippen molar-refractivity contribution in [2.75, 3.05) is 6.26 Å². The fourth-order valence-electron chi connectivity index (χ4n) is 0.946. The summed E-state index contributed by atoms with van der Waals surface area (Å²) in [6, 6.07) is 1.87. The molecular weight excluding hydrogens is 231 g/mol. The van der Waals surface area contributed by atoms with E-state index in [1.807, 2.05) is 0 Å². The van der Waals surface area contributed by atoms with Gasteiger partial charge >= 0.3 is 6.18 Å². The van der Waals surface area contributed by atoms with Crippen LogP contribution in [0.3, 0.4) is 0 Å². The van der Waals surface area contributed by atoms with Gasteiger partial charge in [-0.2, -0.15) is 13.2 Å². The maximum absolute atomic E-state index is 12.1. The van der Waals surface area contributed by atoms with Gasteiger partial charge < -0.3 is 0 Å². The minimum absolute atomic E-state index is 0.102. The standard InChI is InChI=1S/C8H8F3NO2S/c1-15(13,14)5-7-3-2-6(4-12-7)8(9,10)11/h2-4H,5H2,1H3. The Balaban J connectivity index is 2.91. The van der Waals surface area contributed by atoms with Gasteiger partial charge in [-0.25, -0.2) is 8.42 Å². The van der Waals surface area contributed by atoms with E-state index in [0.29, 0.717) is 6.20 Å². The Morgan fingerprint density at radius 3 is 2.27 bits per heavy atom. The van der Waals surface area contributed by atoms with Gasteiger partial charge in [-0.3, -0.25) is 4.98 Å². The van der Waals surface area contributed by atoms with E-state index in [9.17, 15) is 21.6 Å². The van der Waals surface area contributed by atoms with Crippen molar-refractivity contribution in [2.45, 2.75) is 11.9 Å². The van der Waals surface area contributed by atoms with Gasteiger partial charge in [-0.05, 0) is 12.1 Å². The van der Waals surface area contributed by atoms with Crippen LogP contribution in [-0.4, -0.2) is 19.7 Å². The molecule has 1 heterocycles. The van der Waals surface area contributed by atoms with E-state index < -0.39 is 21.6 Å². The zero-order valence-corrected chi connectivity index (χ0v) is 8.56. The Bertz CT molecular complexity index is 436. The van der Waals surface area contributed by atoms with E-state index in [1.54, 1.807) is 0 Å². The Morgan fingerprint density at radius 2 is 1.93 bits per heavy atom. The zero-order chi connectivity index (χ0) is 11.7. The summed E-state index contributed by atoms with van der Waals surface area (Å²) in [5.41, 5.74) is -0.787. The second kappa shape index (κ2) is 3.80. The van der Waals surface area contributed by atoms with Crippen molar-refractivity contribution in [1.82, 2.24) is 4.98 Å². The molecule has 0 bridgehead atoms. The first-order valence-corrected chi connectivity index (χ1v) is 5.94. The van der Waals surface area contributed by atoms with Crippen LogP contribution in [0.5, 0.6) is 0 Å². The number of nitrogens with zero attached hydrogens (tertiary/aromatic N) is 1. The smallest absolute Gasteiger partial charge is 0.260 e. The molecule has 0 aliphatic heterocycles. The van der Waals surface area contributed by atoms with Crippen LogP contribution in [0, 0.1) is 0 Å². The zero-order valence-electron chi connectivity index (χ0n) is 7.75. The molecule has 0 atom stereocenters. The number of hydrogen-bond donors (Lipinski definition) is 0. The van der Waals surface area contributed by atoms with Crippen molar-refractivity contribution in [2.24, 2.45) is 0 Å². The Labute approximate surface area is 84.9 Å². The van der Waals surface area contributed by atoms with Crippen molar-refractivity contribution >= 4 is 9.84 Å². The lowest BCUT2D eigenvalue weighted by Crippen LogP contribution is -2.07. The van der Waals surface area contributed by atoms with Gasteiger partial charge in [-0.15, -0.1) is 0 Å². The number of hydrogen-bond acceptors (Lipinski definition) is 3. The maximum Gasteiger partial charge on any atom is 0.417 e. The monoisotopic (exact) mass is 239 g/mol. The highest BCUT2D eigenvalue weighted by Crippen LogP contribution is 2.28. The summed E-state index contributed by atoms with van der Waals surface area (Å²) in [6.45, 7) is 0. The maximum atomic E-state index is 12.1. The van der Waals surface area contributed by atoms with Crippen molar-refractivity contribution in [3.63, 3.8) is 0 Å². The molecule has 0 aliphatic carbocycles. The fraction of sp³-hybridized carbons (Fsp3) is 0.375. The van der Waals surface area contributed by atoms with Gasteiger partial charge in [0.1, 0.15) is 0 Å². The van der Waals surface area contributed by atoms with Gasteiger partial charge in [-0.1, -0.05) is 0 Å². The van der Waals surface area contributed by atoms with Crippen LogP contribution in [0.1, 0.15) is 11.3 Å². The van der Waals surface area contributed by atoms with Crippen molar-refractivity contribution < 1.29 is 21.6 Å². The minimum atomic E-state index is -4.45. The molecule has 0 spiro atoms. The number of alkyl halides is 3. The molecule has 1 aromatic heterocycles. The van der Waals surface area contributed by atoms with Crippen LogP contribution in [0.15, 0.2) is 18.3 Å². The molecule has 84 valence electrons. The molecule has 15 heavy (non-hydrogen) atoms. The average Bonchev–Trinajstić information content (AvgIpc) is 2.00. The lowest BCUT2D eigenvalue weighted by Gasteiger charge is -2.06. The predicted molar refractivity (Wildman–Crippen MR) is 47.8 cm³/mol. The van der Waals surface area contributed by atoms with Crippen molar-refractivity contribution in [3.8, 4) is 0 Å². The summed E-state index contributed by atoms with van der Waals surface area (Å²) >= 11 is 0. The Hall–Kier alpha value is -1.11. The lowest BCUT2D eigenvalue weighted by molar-refractivity contribution is -0.137. The Kier molecular flexibility index (Phi) is 3.03. The molecule has 0 amide bonds. The summed E-state index contributed by atoms with van der Waals surface area (Å²) in [4.78, 5) is 3.43. The molecule has 0 saturated heterocycles. The predicted octanol–water partition coefficient (Wildman–Crippen LogP) is 1.65. The van der Waals surface area contributed by atoms with Gasteiger partial charge in [0.05, 0.1) is 17.0 Å². The second-order valence-electron chi connectivity index (χ2n) is 3.11. The molecular formula is C8H8F3NO2S. The number of aromatic nitrogens is 1. The number of rotatable bonds is 2. The highest BCUT2D eigenvalue weighted by Gasteiger charge is 2.30. The number of sulfone groups is 1. The average molecular weight is 239 g/mol. The first kappa shape index (κ1) is 12.0. The third kappa shape index (κ3) is 3.86. The largest absolute Gasteiger partial charge is 0.417 e. The highest BCUT2D eigenvalue weighted by molar-refractivity contribution is 7.89. The summed E-state index contributed by atoms with van der Waals surface area (Å²) in [5, 5.41) is 0. The summed E-state index contributed by atoms with van der Waals surface area (Å²) in [6.07, 6.45) is -2.83. The third-order valence-corrected chi connectivity index (χ3v) is 2.38. The van der Waals surface area contributed by atoms with Gasteiger partial charge in [0.2, 0.25) is 0 Å². The molecule has 0 fully saturated rings. The molecule has 0 radical (unpaired) electrons. The first-order valence-electron chi connectivity index (χ1n) is 3.88. The minimum Gasteiger partial charge on any atom is -0.260 e.